The fraction of sp³-hybridized carbons (Fsp3) is 0.200. The first-order chi connectivity index (χ1) is 13.4. The third-order valence-corrected chi connectivity index (χ3v) is 4.85. The Morgan fingerprint density at radius 3 is 2.45 bits per heavy atom. The van der Waals surface area contributed by atoms with Crippen LogP contribution in [0, 0.1) is 0 Å². The molecular weight excluding hydrogens is 412 g/mol. The minimum Gasteiger partial charge on any atom is -1.00 e. The third kappa shape index (κ3) is 5.83. The zero-order chi connectivity index (χ0) is 20.1. The summed E-state index contributed by atoms with van der Waals surface area (Å²) in [5, 5.41) is 6.06. The normalized spacial score (nSPS) is 10.4. The van der Waals surface area contributed by atoms with Gasteiger partial charge in [0.15, 0.2) is 5.13 Å². The molecule has 3 aromatic rings. The minimum atomic E-state index is -0.331. The summed E-state index contributed by atoms with van der Waals surface area (Å²) in [4.78, 5) is 42.6. The highest BCUT2D eigenvalue weighted by Gasteiger charge is 2.12. The van der Waals surface area contributed by atoms with Crippen molar-refractivity contribution in [3.63, 3.8) is 0 Å². The molecule has 0 saturated carbocycles. The second-order valence-electron chi connectivity index (χ2n) is 6.57. The summed E-state index contributed by atoms with van der Waals surface area (Å²) in [6, 6.07) is 13.5. The molecule has 1 heterocycles. The fourth-order valence-corrected chi connectivity index (χ4v) is 3.29. The Labute approximate surface area is 178 Å². The summed E-state index contributed by atoms with van der Waals surface area (Å²) in [6.07, 6.45) is 0. The largest absolute Gasteiger partial charge is 1.00 e. The van der Waals surface area contributed by atoms with Crippen molar-refractivity contribution in [1.29, 1.82) is 0 Å². The zero-order valence-electron chi connectivity index (χ0n) is 16.0. The first-order valence-electron chi connectivity index (χ1n) is 8.82. The number of likely N-dealkylation sites (N-methyl/N-ethyl adjacent to an activating group) is 1. The lowest BCUT2D eigenvalue weighted by molar-refractivity contribution is -0.856. The van der Waals surface area contributed by atoms with Gasteiger partial charge in [-0.25, -0.2) is 4.98 Å². The van der Waals surface area contributed by atoms with E-state index < -0.39 is 0 Å². The van der Waals surface area contributed by atoms with Crippen molar-refractivity contribution in [2.24, 2.45) is 0 Å². The van der Waals surface area contributed by atoms with E-state index in [1.54, 1.807) is 42.5 Å². The Kier molecular flexibility index (Phi) is 7.83. The Balaban J connectivity index is 0.00000300. The van der Waals surface area contributed by atoms with Gasteiger partial charge >= 0.3 is 0 Å². The molecule has 0 radical (unpaired) electrons. The summed E-state index contributed by atoms with van der Waals surface area (Å²) in [6.45, 7) is 1.36. The molecule has 9 heteroatoms. The maximum Gasteiger partial charge on any atom is 0.257 e. The van der Waals surface area contributed by atoms with E-state index in [1.807, 2.05) is 20.2 Å². The molecule has 0 bridgehead atoms. The maximum absolute atomic E-state index is 12.5. The number of benzene rings is 2. The van der Waals surface area contributed by atoms with E-state index in [0.717, 1.165) is 17.9 Å². The number of rotatable bonds is 6. The molecular formula is C20H21ClN4O3S. The second-order valence-corrected chi connectivity index (χ2v) is 7.53. The van der Waals surface area contributed by atoms with Crippen molar-refractivity contribution in [1.82, 2.24) is 10.3 Å². The summed E-state index contributed by atoms with van der Waals surface area (Å²) in [7, 11) is 4.01. The molecule has 2 aromatic carbocycles. The number of carbonyl (C=O) groups is 2. The van der Waals surface area contributed by atoms with Crippen molar-refractivity contribution >= 4 is 39.2 Å². The fourth-order valence-electron chi connectivity index (χ4n) is 2.55. The number of nitrogens with one attached hydrogen (secondary N) is 3. The van der Waals surface area contributed by atoms with Gasteiger partial charge < -0.3 is 22.6 Å². The van der Waals surface area contributed by atoms with Gasteiger partial charge in [-0.3, -0.25) is 19.7 Å². The number of hydrogen-bond donors (Lipinski definition) is 3. The molecule has 152 valence electrons. The van der Waals surface area contributed by atoms with Crippen LogP contribution in [0.2, 0.25) is 0 Å². The predicted molar refractivity (Wildman–Crippen MR) is 110 cm³/mol. The topological polar surface area (TPSA) is 92.6 Å². The van der Waals surface area contributed by atoms with Crippen LogP contribution in [0.3, 0.4) is 0 Å². The van der Waals surface area contributed by atoms with Crippen LogP contribution in [0.4, 0.5) is 5.13 Å². The third-order valence-electron chi connectivity index (χ3n) is 4.06. The van der Waals surface area contributed by atoms with Crippen LogP contribution in [0.25, 0.3) is 10.9 Å². The molecule has 2 amide bonds. The monoisotopic (exact) mass is 432 g/mol. The van der Waals surface area contributed by atoms with Crippen LogP contribution < -0.4 is 32.7 Å². The zero-order valence-corrected chi connectivity index (χ0v) is 17.6. The molecule has 0 fully saturated rings. The lowest BCUT2D eigenvalue weighted by Gasteiger charge is -2.09. The number of anilines is 1. The van der Waals surface area contributed by atoms with E-state index in [-0.39, 0.29) is 34.1 Å². The average Bonchev–Trinajstić information content (AvgIpc) is 2.68. The Hall–Kier alpha value is -2.81. The Morgan fingerprint density at radius 2 is 1.76 bits per heavy atom. The van der Waals surface area contributed by atoms with E-state index >= 15 is 0 Å². The van der Waals surface area contributed by atoms with Crippen molar-refractivity contribution in [2.45, 2.75) is 0 Å². The predicted octanol–water partition coefficient (Wildman–Crippen LogP) is -2.21. The van der Waals surface area contributed by atoms with Crippen LogP contribution >= 0.6 is 11.3 Å². The van der Waals surface area contributed by atoms with E-state index in [1.165, 1.54) is 4.90 Å². The summed E-state index contributed by atoms with van der Waals surface area (Å²) < 4.78 is -0.263. The van der Waals surface area contributed by atoms with Gasteiger partial charge in [-0.15, -0.1) is 0 Å². The highest BCUT2D eigenvalue weighted by Crippen LogP contribution is 2.17. The van der Waals surface area contributed by atoms with Gasteiger partial charge in [-0.05, 0) is 30.3 Å². The summed E-state index contributed by atoms with van der Waals surface area (Å²) in [5.41, 5.74) is 1.32. The molecule has 3 rings (SSSR count). The number of fused-ring (bicyclic) bond motifs is 1. The molecule has 0 aliphatic rings. The van der Waals surface area contributed by atoms with Crippen molar-refractivity contribution in [2.75, 3.05) is 32.5 Å². The molecule has 29 heavy (non-hydrogen) atoms. The first-order valence-corrected chi connectivity index (χ1v) is 9.64. The number of halogens is 1. The van der Waals surface area contributed by atoms with Gasteiger partial charge in [0.05, 0.1) is 38.1 Å². The lowest BCUT2D eigenvalue weighted by atomic mass is 10.1. The van der Waals surface area contributed by atoms with Gasteiger partial charge in [-0.1, -0.05) is 29.5 Å². The second kappa shape index (κ2) is 10.1. The van der Waals surface area contributed by atoms with Crippen LogP contribution in [0.5, 0.6) is 0 Å². The van der Waals surface area contributed by atoms with Crippen LogP contribution in [0.15, 0.2) is 53.3 Å². The van der Waals surface area contributed by atoms with Crippen LogP contribution in [-0.4, -0.2) is 44.0 Å². The lowest BCUT2D eigenvalue weighted by Crippen LogP contribution is -3.06. The highest BCUT2D eigenvalue weighted by molar-refractivity contribution is 7.13. The van der Waals surface area contributed by atoms with Gasteiger partial charge in [-0.2, -0.15) is 0 Å². The molecule has 1 aromatic heterocycles. The van der Waals surface area contributed by atoms with E-state index in [4.69, 9.17) is 0 Å². The molecule has 0 saturated heterocycles. The van der Waals surface area contributed by atoms with E-state index in [0.29, 0.717) is 28.6 Å². The quantitative estimate of drug-likeness (QED) is 0.412. The minimum absolute atomic E-state index is 0. The SMILES string of the molecule is C[NH+](C)CCNC(=O)c1ccc2nc(NC(=O)c3ccccc3)sc(=O)c2c1.[Cl-]. The molecule has 0 spiro atoms. The first kappa shape index (κ1) is 22.5. The number of carbonyl (C=O) groups excluding carboxylic acids is 2. The van der Waals surface area contributed by atoms with Crippen molar-refractivity contribution in [3.05, 3.63) is 69.2 Å². The van der Waals surface area contributed by atoms with Gasteiger partial charge in [0, 0.05) is 11.1 Å². The Bertz CT molecular complexity index is 1070. The molecule has 0 unspecified atom stereocenters. The number of nitrogens with zero attached hydrogens (tertiary/aromatic N) is 1. The number of quaternary nitrogens is 1. The smallest absolute Gasteiger partial charge is 0.257 e. The number of amides is 2. The van der Waals surface area contributed by atoms with E-state index in [2.05, 4.69) is 15.6 Å². The standard InChI is InChI=1S/C20H20N4O3S.ClH/c1-24(2)11-10-21-17(25)14-8-9-16-15(12-14)19(27)28-20(22-16)23-18(26)13-6-4-3-5-7-13;/h3-9,12H,10-11H2,1-2H3,(H,21,25)(H,22,23,26);1H. The van der Waals surface area contributed by atoms with Gasteiger partial charge in [0.2, 0.25) is 4.74 Å². The Morgan fingerprint density at radius 1 is 1.03 bits per heavy atom. The average molecular weight is 433 g/mol. The molecule has 0 atom stereocenters. The molecule has 0 aliphatic carbocycles. The van der Waals surface area contributed by atoms with Gasteiger partial charge in [0.25, 0.3) is 11.8 Å². The van der Waals surface area contributed by atoms with E-state index in [9.17, 15) is 14.4 Å². The summed E-state index contributed by atoms with van der Waals surface area (Å²) in [5.74, 6) is -0.559. The molecule has 7 nitrogen and oxygen atoms in total. The van der Waals surface area contributed by atoms with Crippen LogP contribution in [-0.2, 0) is 0 Å². The van der Waals surface area contributed by atoms with Crippen molar-refractivity contribution in [3.8, 4) is 0 Å². The summed E-state index contributed by atoms with van der Waals surface area (Å²) >= 11 is 0.838. The van der Waals surface area contributed by atoms with Gasteiger partial charge in [0.1, 0.15) is 0 Å². The highest BCUT2D eigenvalue weighted by atomic mass is 35.5. The maximum atomic E-state index is 12.5. The number of hydrogen-bond acceptors (Lipinski definition) is 5. The van der Waals surface area contributed by atoms with Crippen molar-refractivity contribution < 1.29 is 26.9 Å². The molecule has 3 N–H and O–H groups in total. The molecule has 0 aliphatic heterocycles. The number of aromatic nitrogens is 1. The van der Waals surface area contributed by atoms with Crippen LogP contribution in [0.1, 0.15) is 20.7 Å².